The number of carbonyl (C=O) groups excluding carboxylic acids is 2. The Labute approximate surface area is 181 Å². The van der Waals surface area contributed by atoms with Gasteiger partial charge in [0.2, 0.25) is 0 Å². The lowest BCUT2D eigenvalue weighted by atomic mass is 9.95. The maximum Gasteiger partial charge on any atom is 0.339 e. The van der Waals surface area contributed by atoms with E-state index in [1.807, 2.05) is 24.3 Å². The molecule has 7 nitrogen and oxygen atoms in total. The molecule has 7 heteroatoms. The summed E-state index contributed by atoms with van der Waals surface area (Å²) in [5.74, 6) is -0.910. The van der Waals surface area contributed by atoms with Crippen LogP contribution in [0.2, 0.25) is 0 Å². The maximum absolute atomic E-state index is 13.3. The van der Waals surface area contributed by atoms with E-state index in [-0.39, 0.29) is 0 Å². The molecule has 1 aromatic carbocycles. The molecule has 1 aliphatic heterocycles. The maximum atomic E-state index is 13.3. The van der Waals surface area contributed by atoms with Gasteiger partial charge < -0.3 is 10.1 Å². The number of ether oxygens (including phenoxy) is 1. The number of esters is 1. The number of para-hydroxylation sites is 1. The van der Waals surface area contributed by atoms with Gasteiger partial charge in [0.05, 0.1) is 23.0 Å². The number of anilines is 1. The summed E-state index contributed by atoms with van der Waals surface area (Å²) in [5.41, 5.74) is 3.64. The Morgan fingerprint density at radius 1 is 1.13 bits per heavy atom. The Kier molecular flexibility index (Phi) is 5.95. The molecule has 0 aliphatic carbocycles. The molecule has 0 bridgehead atoms. The average Bonchev–Trinajstić information content (AvgIpc) is 2.77. The quantitative estimate of drug-likeness (QED) is 0.638. The predicted octanol–water partition coefficient (Wildman–Crippen LogP) is 3.58. The van der Waals surface area contributed by atoms with Crippen molar-refractivity contribution in [2.75, 3.05) is 11.9 Å². The molecule has 0 saturated carbocycles. The second-order valence-electron chi connectivity index (χ2n) is 8.02. The van der Waals surface area contributed by atoms with Gasteiger partial charge in [-0.1, -0.05) is 18.2 Å². The number of benzene rings is 1. The Morgan fingerprint density at radius 3 is 2.68 bits per heavy atom. The molecular weight excluding hydrogens is 392 g/mol. The zero-order valence-corrected chi connectivity index (χ0v) is 18.0. The molecule has 1 N–H and O–H groups in total. The van der Waals surface area contributed by atoms with Crippen LogP contribution in [0.5, 0.6) is 0 Å². The fourth-order valence-electron chi connectivity index (χ4n) is 3.84. The zero-order chi connectivity index (χ0) is 22.0. The molecule has 0 saturated heterocycles. The third-order valence-corrected chi connectivity index (χ3v) is 5.59. The average molecular weight is 418 g/mol. The molecule has 0 spiro atoms. The molecule has 3 heterocycles. The van der Waals surface area contributed by atoms with E-state index in [1.165, 1.54) is 0 Å². The van der Waals surface area contributed by atoms with Crippen molar-refractivity contribution in [3.8, 4) is 0 Å². The first kappa shape index (κ1) is 20.9. The van der Waals surface area contributed by atoms with Gasteiger partial charge in [-0.05, 0) is 39.0 Å². The second kappa shape index (κ2) is 8.81. The molecule has 4 rings (SSSR count). The van der Waals surface area contributed by atoms with Crippen LogP contribution in [0.3, 0.4) is 0 Å². The SMILES string of the molecule is CC(OC(=O)c1c2c(nc3ccccc13)CCN(C(C)C)C2)C(=O)Nc1cccnc1. The van der Waals surface area contributed by atoms with E-state index in [1.54, 1.807) is 31.5 Å². The summed E-state index contributed by atoms with van der Waals surface area (Å²) < 4.78 is 5.62. The first-order valence-electron chi connectivity index (χ1n) is 10.5. The van der Waals surface area contributed by atoms with Crippen LogP contribution < -0.4 is 5.32 Å². The third kappa shape index (κ3) is 4.41. The fraction of sp³-hybridized carbons (Fsp3) is 0.333. The van der Waals surface area contributed by atoms with Crippen molar-refractivity contribution in [2.24, 2.45) is 0 Å². The summed E-state index contributed by atoms with van der Waals surface area (Å²) in [6.07, 6.45) is 2.98. The highest BCUT2D eigenvalue weighted by molar-refractivity contribution is 6.06. The molecular formula is C24H26N4O3. The number of aromatic nitrogens is 2. The third-order valence-electron chi connectivity index (χ3n) is 5.59. The fourth-order valence-corrected chi connectivity index (χ4v) is 3.84. The van der Waals surface area contributed by atoms with Gasteiger partial charge in [-0.3, -0.25) is 19.7 Å². The topological polar surface area (TPSA) is 84.4 Å². The van der Waals surface area contributed by atoms with Crippen molar-refractivity contribution in [3.05, 3.63) is 65.6 Å². The number of hydrogen-bond donors (Lipinski definition) is 1. The van der Waals surface area contributed by atoms with Crippen LogP contribution in [-0.4, -0.2) is 45.4 Å². The Bertz CT molecular complexity index is 1110. The smallest absolute Gasteiger partial charge is 0.339 e. The number of hydrogen-bond acceptors (Lipinski definition) is 6. The standard InChI is InChI=1S/C24H26N4O3/c1-15(2)28-12-10-21-19(14-28)22(18-8-4-5-9-20(18)27-21)24(30)31-16(3)23(29)26-17-7-6-11-25-13-17/h4-9,11,13,15-16H,10,12,14H2,1-3H3,(H,26,29). The van der Waals surface area contributed by atoms with E-state index in [9.17, 15) is 9.59 Å². The van der Waals surface area contributed by atoms with Gasteiger partial charge in [-0.25, -0.2) is 4.79 Å². The van der Waals surface area contributed by atoms with E-state index < -0.39 is 18.0 Å². The Hall–Kier alpha value is -3.32. The number of carbonyl (C=O) groups is 2. The minimum Gasteiger partial charge on any atom is -0.449 e. The molecule has 1 amide bonds. The largest absolute Gasteiger partial charge is 0.449 e. The highest BCUT2D eigenvalue weighted by Crippen LogP contribution is 2.29. The van der Waals surface area contributed by atoms with E-state index in [2.05, 4.69) is 29.0 Å². The number of nitrogens with zero attached hydrogens (tertiary/aromatic N) is 3. The molecule has 1 aliphatic rings. The number of fused-ring (bicyclic) bond motifs is 2. The van der Waals surface area contributed by atoms with Crippen molar-refractivity contribution < 1.29 is 14.3 Å². The monoisotopic (exact) mass is 418 g/mol. The van der Waals surface area contributed by atoms with Crippen molar-refractivity contribution in [2.45, 2.75) is 45.9 Å². The van der Waals surface area contributed by atoms with Gasteiger partial charge >= 0.3 is 5.97 Å². The van der Waals surface area contributed by atoms with Crippen LogP contribution in [0, 0.1) is 0 Å². The van der Waals surface area contributed by atoms with Crippen LogP contribution in [0.4, 0.5) is 5.69 Å². The highest BCUT2D eigenvalue weighted by Gasteiger charge is 2.29. The van der Waals surface area contributed by atoms with Crippen LogP contribution in [0.1, 0.15) is 42.4 Å². The summed E-state index contributed by atoms with van der Waals surface area (Å²) in [7, 11) is 0. The number of pyridine rings is 2. The minimum atomic E-state index is -0.958. The van der Waals surface area contributed by atoms with Crippen LogP contribution >= 0.6 is 0 Å². The van der Waals surface area contributed by atoms with E-state index in [4.69, 9.17) is 9.72 Å². The Morgan fingerprint density at radius 2 is 1.94 bits per heavy atom. The summed E-state index contributed by atoms with van der Waals surface area (Å²) in [5, 5.41) is 3.47. The lowest BCUT2D eigenvalue weighted by molar-refractivity contribution is -0.123. The van der Waals surface area contributed by atoms with Gasteiger partial charge in [0, 0.05) is 48.4 Å². The van der Waals surface area contributed by atoms with E-state index in [0.29, 0.717) is 23.8 Å². The molecule has 3 aromatic rings. The summed E-state index contributed by atoms with van der Waals surface area (Å²) in [4.78, 5) is 36.9. The lowest BCUT2D eigenvalue weighted by Crippen LogP contribution is -2.37. The summed E-state index contributed by atoms with van der Waals surface area (Å²) >= 11 is 0. The lowest BCUT2D eigenvalue weighted by Gasteiger charge is -2.32. The van der Waals surface area contributed by atoms with Gasteiger partial charge in [-0.2, -0.15) is 0 Å². The van der Waals surface area contributed by atoms with E-state index >= 15 is 0 Å². The highest BCUT2D eigenvalue weighted by atomic mass is 16.5. The number of amides is 1. The van der Waals surface area contributed by atoms with E-state index in [0.717, 1.165) is 35.1 Å². The molecule has 1 unspecified atom stereocenters. The first-order chi connectivity index (χ1) is 14.9. The zero-order valence-electron chi connectivity index (χ0n) is 18.0. The number of rotatable bonds is 5. The normalized spacial score (nSPS) is 14.8. The second-order valence-corrected chi connectivity index (χ2v) is 8.02. The molecule has 0 radical (unpaired) electrons. The first-order valence-corrected chi connectivity index (χ1v) is 10.5. The van der Waals surface area contributed by atoms with Gasteiger partial charge in [0.1, 0.15) is 0 Å². The van der Waals surface area contributed by atoms with Gasteiger partial charge in [-0.15, -0.1) is 0 Å². The number of nitrogens with one attached hydrogen (secondary N) is 1. The van der Waals surface area contributed by atoms with Gasteiger partial charge in [0.25, 0.3) is 5.91 Å². The van der Waals surface area contributed by atoms with Crippen molar-refractivity contribution in [3.63, 3.8) is 0 Å². The molecule has 1 atom stereocenters. The molecule has 31 heavy (non-hydrogen) atoms. The summed E-state index contributed by atoms with van der Waals surface area (Å²) in [6.45, 7) is 7.38. The van der Waals surface area contributed by atoms with Crippen LogP contribution in [-0.2, 0) is 22.5 Å². The minimum absolute atomic E-state index is 0.354. The van der Waals surface area contributed by atoms with Crippen molar-refractivity contribution >= 4 is 28.5 Å². The van der Waals surface area contributed by atoms with Crippen LogP contribution in [0.25, 0.3) is 10.9 Å². The Balaban J connectivity index is 1.64. The molecule has 2 aromatic heterocycles. The van der Waals surface area contributed by atoms with Crippen molar-refractivity contribution in [1.29, 1.82) is 0 Å². The van der Waals surface area contributed by atoms with Crippen molar-refractivity contribution in [1.82, 2.24) is 14.9 Å². The molecule has 0 fully saturated rings. The summed E-state index contributed by atoms with van der Waals surface area (Å²) in [6, 6.07) is 11.4. The van der Waals surface area contributed by atoms with Crippen LogP contribution in [0.15, 0.2) is 48.8 Å². The van der Waals surface area contributed by atoms with Gasteiger partial charge in [0.15, 0.2) is 6.10 Å². The molecule has 160 valence electrons. The predicted molar refractivity (Wildman–Crippen MR) is 119 cm³/mol.